The number of hydrogen-bond donors (Lipinski definition) is 1. The first kappa shape index (κ1) is 21.5. The maximum absolute atomic E-state index is 11.8. The van der Waals surface area contributed by atoms with Crippen LogP contribution in [0.3, 0.4) is 0 Å². The van der Waals surface area contributed by atoms with E-state index in [0.717, 1.165) is 11.8 Å². The van der Waals surface area contributed by atoms with Crippen molar-refractivity contribution in [1.29, 1.82) is 0 Å². The van der Waals surface area contributed by atoms with Crippen molar-refractivity contribution in [2.75, 3.05) is 30.9 Å². The highest BCUT2D eigenvalue weighted by Gasteiger charge is 2.19. The molecular formula is C18H23N3O6S. The van der Waals surface area contributed by atoms with E-state index in [0.29, 0.717) is 42.6 Å². The monoisotopic (exact) mass is 409 g/mol. The molecule has 0 saturated carbocycles. The standard InChI is InChI=1S/C18H23N3O6S/c1-5-24-13-8-12(9-14(25-6-2)16(13)26-7-3)17-20-21-18(27-17)19-15(23)10-28-11(4)22/h8-9H,5-7,10H2,1-4H3,(H,19,21,23). The Hall–Kier alpha value is -2.75. The molecule has 2 rings (SSSR count). The van der Waals surface area contributed by atoms with Crippen molar-refractivity contribution in [2.24, 2.45) is 0 Å². The third kappa shape index (κ3) is 5.88. The fourth-order valence-electron chi connectivity index (χ4n) is 2.23. The fraction of sp³-hybridized carbons (Fsp3) is 0.444. The van der Waals surface area contributed by atoms with Crippen LogP contribution in [0.25, 0.3) is 11.5 Å². The second-order valence-corrected chi connectivity index (χ2v) is 6.49. The lowest BCUT2D eigenvalue weighted by Crippen LogP contribution is -2.15. The molecule has 0 aliphatic rings. The van der Waals surface area contributed by atoms with Gasteiger partial charge in [0.15, 0.2) is 16.6 Å². The molecule has 0 fully saturated rings. The number of rotatable bonds is 10. The second kappa shape index (κ2) is 10.5. The predicted octanol–water partition coefficient (Wildman–Crippen LogP) is 3.15. The average Bonchev–Trinajstić information content (AvgIpc) is 3.11. The molecule has 10 heteroatoms. The highest BCUT2D eigenvalue weighted by atomic mass is 32.2. The van der Waals surface area contributed by atoms with Gasteiger partial charge in [-0.1, -0.05) is 16.9 Å². The van der Waals surface area contributed by atoms with Crippen LogP contribution in [0.1, 0.15) is 27.7 Å². The molecule has 0 saturated heterocycles. The molecule has 0 bridgehead atoms. The topological polar surface area (TPSA) is 113 Å². The number of nitrogens with one attached hydrogen (secondary N) is 1. The number of amides is 1. The molecule has 9 nitrogen and oxygen atoms in total. The number of carbonyl (C=O) groups is 2. The van der Waals surface area contributed by atoms with Crippen molar-refractivity contribution in [3.05, 3.63) is 12.1 Å². The molecule has 0 atom stereocenters. The van der Waals surface area contributed by atoms with E-state index in [9.17, 15) is 9.59 Å². The number of benzene rings is 1. The van der Waals surface area contributed by atoms with Crippen molar-refractivity contribution in [3.8, 4) is 28.7 Å². The Labute approximate surface area is 167 Å². The first-order valence-corrected chi connectivity index (χ1v) is 9.80. The number of anilines is 1. The van der Waals surface area contributed by atoms with Crippen molar-refractivity contribution in [2.45, 2.75) is 27.7 Å². The second-order valence-electron chi connectivity index (χ2n) is 5.34. The number of carbonyl (C=O) groups excluding carboxylic acids is 2. The molecule has 28 heavy (non-hydrogen) atoms. The van der Waals surface area contributed by atoms with E-state index in [1.165, 1.54) is 6.92 Å². The van der Waals surface area contributed by atoms with Crippen LogP contribution < -0.4 is 19.5 Å². The van der Waals surface area contributed by atoms with E-state index < -0.39 is 5.91 Å². The summed E-state index contributed by atoms with van der Waals surface area (Å²) >= 11 is 0.895. The van der Waals surface area contributed by atoms with Gasteiger partial charge in [0.05, 0.1) is 25.6 Å². The van der Waals surface area contributed by atoms with Crippen LogP contribution in [-0.4, -0.2) is 46.8 Å². The molecular weight excluding hydrogens is 386 g/mol. The Morgan fingerprint density at radius 2 is 1.64 bits per heavy atom. The minimum absolute atomic E-state index is 0.0287. The van der Waals surface area contributed by atoms with E-state index in [1.807, 2.05) is 20.8 Å². The summed E-state index contributed by atoms with van der Waals surface area (Å²) in [6.07, 6.45) is 0. The normalized spacial score (nSPS) is 10.4. The Morgan fingerprint density at radius 1 is 1.04 bits per heavy atom. The smallest absolute Gasteiger partial charge is 0.322 e. The van der Waals surface area contributed by atoms with Crippen LogP contribution >= 0.6 is 11.8 Å². The van der Waals surface area contributed by atoms with Gasteiger partial charge < -0.3 is 18.6 Å². The lowest BCUT2D eigenvalue weighted by Gasteiger charge is -2.16. The molecule has 0 radical (unpaired) electrons. The van der Waals surface area contributed by atoms with Gasteiger partial charge in [0.1, 0.15) is 0 Å². The number of ether oxygens (including phenoxy) is 3. The zero-order chi connectivity index (χ0) is 20.5. The van der Waals surface area contributed by atoms with Gasteiger partial charge >= 0.3 is 6.01 Å². The largest absolute Gasteiger partial charge is 0.490 e. The third-order valence-electron chi connectivity index (χ3n) is 3.23. The quantitative estimate of drug-likeness (QED) is 0.632. The first-order valence-electron chi connectivity index (χ1n) is 8.81. The van der Waals surface area contributed by atoms with Gasteiger partial charge in [-0.2, -0.15) is 0 Å². The molecule has 0 aliphatic heterocycles. The van der Waals surface area contributed by atoms with E-state index in [-0.39, 0.29) is 22.8 Å². The zero-order valence-electron chi connectivity index (χ0n) is 16.2. The minimum atomic E-state index is -0.410. The molecule has 1 amide bonds. The number of hydrogen-bond acceptors (Lipinski definition) is 9. The molecule has 0 aliphatic carbocycles. The van der Waals surface area contributed by atoms with Gasteiger partial charge in [-0.05, 0) is 32.9 Å². The maximum atomic E-state index is 11.8. The third-order valence-corrected chi connectivity index (χ3v) is 4.05. The van der Waals surface area contributed by atoms with Crippen LogP contribution in [0.15, 0.2) is 16.5 Å². The summed E-state index contributed by atoms with van der Waals surface area (Å²) in [6.45, 7) is 8.32. The highest BCUT2D eigenvalue weighted by Crippen LogP contribution is 2.41. The average molecular weight is 409 g/mol. The molecule has 0 spiro atoms. The van der Waals surface area contributed by atoms with Gasteiger partial charge in [0, 0.05) is 12.5 Å². The van der Waals surface area contributed by atoms with Crippen molar-refractivity contribution in [1.82, 2.24) is 10.2 Å². The number of thioether (sulfide) groups is 1. The molecule has 152 valence electrons. The summed E-state index contributed by atoms with van der Waals surface area (Å²) < 4.78 is 22.5. The summed E-state index contributed by atoms with van der Waals surface area (Å²) in [5.41, 5.74) is 0.557. The number of aromatic nitrogens is 2. The van der Waals surface area contributed by atoms with Crippen molar-refractivity contribution < 1.29 is 28.2 Å². The summed E-state index contributed by atoms with van der Waals surface area (Å²) in [5, 5.41) is 10.1. The molecule has 1 N–H and O–H groups in total. The Kier molecular flexibility index (Phi) is 8.12. The molecule has 0 unspecified atom stereocenters. The molecule has 1 aromatic heterocycles. The summed E-state index contributed by atoms with van der Waals surface area (Å²) in [5.74, 6) is 1.23. The molecule has 1 aromatic carbocycles. The van der Waals surface area contributed by atoms with Gasteiger partial charge in [-0.15, -0.1) is 5.10 Å². The number of nitrogens with zero attached hydrogens (tertiary/aromatic N) is 2. The Morgan fingerprint density at radius 3 is 2.18 bits per heavy atom. The summed E-state index contributed by atoms with van der Waals surface area (Å²) in [4.78, 5) is 22.7. The summed E-state index contributed by atoms with van der Waals surface area (Å²) in [6, 6.07) is 3.36. The lowest BCUT2D eigenvalue weighted by molar-refractivity contribution is -0.114. The van der Waals surface area contributed by atoms with Crippen LogP contribution in [0.4, 0.5) is 6.01 Å². The van der Waals surface area contributed by atoms with Crippen LogP contribution in [0.2, 0.25) is 0 Å². The van der Waals surface area contributed by atoms with Gasteiger partial charge in [0.2, 0.25) is 17.5 Å². The van der Waals surface area contributed by atoms with Gasteiger partial charge in [-0.3, -0.25) is 14.9 Å². The maximum Gasteiger partial charge on any atom is 0.322 e. The predicted molar refractivity (Wildman–Crippen MR) is 105 cm³/mol. The van der Waals surface area contributed by atoms with Crippen LogP contribution in [0, 0.1) is 0 Å². The highest BCUT2D eigenvalue weighted by molar-refractivity contribution is 8.14. The minimum Gasteiger partial charge on any atom is -0.490 e. The van der Waals surface area contributed by atoms with Gasteiger partial charge in [0.25, 0.3) is 0 Å². The molecule has 1 heterocycles. The Bertz CT molecular complexity index is 796. The summed E-state index contributed by atoms with van der Waals surface area (Å²) in [7, 11) is 0. The van der Waals surface area contributed by atoms with Crippen LogP contribution in [-0.2, 0) is 9.59 Å². The Balaban J connectivity index is 2.28. The van der Waals surface area contributed by atoms with E-state index in [4.69, 9.17) is 18.6 Å². The lowest BCUT2D eigenvalue weighted by atomic mass is 10.2. The van der Waals surface area contributed by atoms with E-state index >= 15 is 0 Å². The van der Waals surface area contributed by atoms with Crippen molar-refractivity contribution >= 4 is 28.8 Å². The first-order chi connectivity index (χ1) is 13.5. The SMILES string of the molecule is CCOc1cc(-c2nnc(NC(=O)CSC(C)=O)o2)cc(OCC)c1OCC. The van der Waals surface area contributed by atoms with Gasteiger partial charge in [-0.25, -0.2) is 0 Å². The van der Waals surface area contributed by atoms with E-state index in [1.54, 1.807) is 12.1 Å². The molecule has 2 aromatic rings. The van der Waals surface area contributed by atoms with Crippen molar-refractivity contribution in [3.63, 3.8) is 0 Å². The van der Waals surface area contributed by atoms with E-state index in [2.05, 4.69) is 15.5 Å². The zero-order valence-corrected chi connectivity index (χ0v) is 17.1. The fourth-order valence-corrected chi connectivity index (χ4v) is 2.63. The van der Waals surface area contributed by atoms with Crippen LogP contribution in [0.5, 0.6) is 17.2 Å².